The third-order valence-electron chi connectivity index (χ3n) is 7.32. The summed E-state index contributed by atoms with van der Waals surface area (Å²) in [4.78, 5) is 19.3. The summed E-state index contributed by atoms with van der Waals surface area (Å²) in [7, 11) is 0. The topological polar surface area (TPSA) is 92.2 Å². The van der Waals surface area contributed by atoms with E-state index in [1.54, 1.807) is 42.5 Å². The second-order valence-corrected chi connectivity index (χ2v) is 12.3. The van der Waals surface area contributed by atoms with Gasteiger partial charge in [0.15, 0.2) is 11.6 Å². The van der Waals surface area contributed by atoms with Crippen molar-refractivity contribution in [3.8, 4) is 5.75 Å². The van der Waals surface area contributed by atoms with Crippen molar-refractivity contribution < 1.29 is 23.8 Å². The van der Waals surface area contributed by atoms with Crippen molar-refractivity contribution in [3.63, 3.8) is 0 Å². The van der Waals surface area contributed by atoms with Crippen molar-refractivity contribution in [1.29, 1.82) is 0 Å². The number of hydrogen-bond donors (Lipinski definition) is 3. The van der Waals surface area contributed by atoms with Crippen LogP contribution in [0, 0.1) is 5.82 Å². The molecule has 1 aliphatic rings. The second-order valence-electron chi connectivity index (χ2n) is 10.5. The second kappa shape index (κ2) is 15.2. The standard InChI is InChI=1S/C34H31BrCl2FN3O4/c35-25-8-2-23(3-9-25)21-34(33(43)41-39-17-16-22-4-11-27(38)12-5-22)31(29-15-10-26(36)20-30(29)37)45-32(40-34)24-6-13-28(14-7-24)44-19-1-18-42/h2-15,20,31,39,42H,1,16-19,21H2,(H,41,43)/t31-,34-/m0/s1. The van der Waals surface area contributed by atoms with Gasteiger partial charge in [0, 0.05) is 51.6 Å². The number of hydrogen-bond acceptors (Lipinski definition) is 6. The average molecular weight is 715 g/mol. The highest BCUT2D eigenvalue weighted by Gasteiger charge is 2.54. The van der Waals surface area contributed by atoms with Crippen LogP contribution in [0.2, 0.25) is 10.0 Å². The Morgan fingerprint density at radius 3 is 2.40 bits per heavy atom. The number of aliphatic hydroxyl groups excluding tert-OH is 1. The Labute approximate surface area is 279 Å². The molecule has 3 N–H and O–H groups in total. The first-order chi connectivity index (χ1) is 21.8. The number of amides is 1. The lowest BCUT2D eigenvalue weighted by atomic mass is 9.82. The minimum atomic E-state index is -1.47. The van der Waals surface area contributed by atoms with Crippen LogP contribution in [0.25, 0.3) is 0 Å². The van der Waals surface area contributed by atoms with Crippen molar-refractivity contribution >= 4 is 50.9 Å². The van der Waals surface area contributed by atoms with Crippen molar-refractivity contribution in [2.24, 2.45) is 4.99 Å². The van der Waals surface area contributed by atoms with Crippen molar-refractivity contribution in [3.05, 3.63) is 134 Å². The van der Waals surface area contributed by atoms with Gasteiger partial charge < -0.3 is 14.6 Å². The van der Waals surface area contributed by atoms with Gasteiger partial charge in [0.2, 0.25) is 5.90 Å². The smallest absolute Gasteiger partial charge is 0.266 e. The maximum atomic E-state index is 14.3. The zero-order chi connectivity index (χ0) is 31.8. The van der Waals surface area contributed by atoms with Crippen LogP contribution in [0.15, 0.2) is 100 Å². The molecule has 11 heteroatoms. The molecule has 0 saturated carbocycles. The molecule has 0 spiro atoms. The number of benzene rings is 4. The molecule has 5 rings (SSSR count). The zero-order valence-corrected chi connectivity index (χ0v) is 27.2. The normalized spacial score (nSPS) is 17.4. The molecule has 1 aliphatic heterocycles. The maximum absolute atomic E-state index is 14.3. The molecule has 0 fully saturated rings. The third-order valence-corrected chi connectivity index (χ3v) is 8.41. The molecule has 4 aromatic rings. The number of hydrazine groups is 1. The zero-order valence-electron chi connectivity index (χ0n) is 24.1. The van der Waals surface area contributed by atoms with Gasteiger partial charge in [-0.2, -0.15) is 0 Å². The number of carbonyl (C=O) groups excluding carboxylic acids is 1. The summed E-state index contributed by atoms with van der Waals surface area (Å²) in [6, 6.07) is 26.1. The van der Waals surface area contributed by atoms with Gasteiger partial charge in [0.05, 0.1) is 6.61 Å². The van der Waals surface area contributed by atoms with E-state index in [-0.39, 0.29) is 24.7 Å². The van der Waals surface area contributed by atoms with Crippen LogP contribution in [0.5, 0.6) is 5.75 Å². The first kappa shape index (κ1) is 32.9. The Hall–Kier alpha value is -3.47. The van der Waals surface area contributed by atoms with Crippen LogP contribution in [0.3, 0.4) is 0 Å². The van der Waals surface area contributed by atoms with E-state index in [4.69, 9.17) is 42.8 Å². The van der Waals surface area contributed by atoms with Crippen LogP contribution >= 0.6 is 39.1 Å². The van der Waals surface area contributed by atoms with Crippen molar-refractivity contribution in [2.45, 2.75) is 30.9 Å². The van der Waals surface area contributed by atoms with E-state index in [1.165, 1.54) is 12.1 Å². The summed E-state index contributed by atoms with van der Waals surface area (Å²) >= 11 is 16.4. The van der Waals surface area contributed by atoms with Gasteiger partial charge in [-0.1, -0.05) is 69.5 Å². The number of rotatable bonds is 13. The summed E-state index contributed by atoms with van der Waals surface area (Å²) in [6.07, 6.45) is 0.374. The molecular weight excluding hydrogens is 684 g/mol. The summed E-state index contributed by atoms with van der Waals surface area (Å²) < 4.78 is 26.4. The Morgan fingerprint density at radius 2 is 1.71 bits per heavy atom. The first-order valence-corrected chi connectivity index (χ1v) is 15.9. The lowest BCUT2D eigenvalue weighted by Gasteiger charge is -2.31. The predicted octanol–water partition coefficient (Wildman–Crippen LogP) is 7.02. The highest BCUT2D eigenvalue weighted by atomic mass is 79.9. The molecule has 234 valence electrons. The quantitative estimate of drug-likeness (QED) is 0.102. The molecule has 0 radical (unpaired) electrons. The van der Waals surface area contributed by atoms with Crippen LogP contribution in [0.1, 0.15) is 34.8 Å². The molecule has 0 aromatic heterocycles. The van der Waals surface area contributed by atoms with Gasteiger partial charge in [0.25, 0.3) is 5.91 Å². The molecule has 1 heterocycles. The van der Waals surface area contributed by atoms with Crippen LogP contribution in [-0.4, -0.2) is 42.2 Å². The van der Waals surface area contributed by atoms with Crippen molar-refractivity contribution in [2.75, 3.05) is 19.8 Å². The minimum Gasteiger partial charge on any atom is -0.494 e. The maximum Gasteiger partial charge on any atom is 0.266 e. The molecule has 7 nitrogen and oxygen atoms in total. The van der Waals surface area contributed by atoms with Gasteiger partial charge >= 0.3 is 0 Å². The van der Waals surface area contributed by atoms with Crippen molar-refractivity contribution in [1.82, 2.24) is 10.9 Å². The van der Waals surface area contributed by atoms with Crippen LogP contribution < -0.4 is 15.6 Å². The number of nitrogens with zero attached hydrogens (tertiary/aromatic N) is 1. The molecule has 0 saturated heterocycles. The van der Waals surface area contributed by atoms with E-state index in [0.29, 0.717) is 52.9 Å². The molecular formula is C34H31BrCl2FN3O4. The number of carbonyl (C=O) groups is 1. The molecule has 0 bridgehead atoms. The highest BCUT2D eigenvalue weighted by Crippen LogP contribution is 2.45. The first-order valence-electron chi connectivity index (χ1n) is 14.3. The number of aliphatic hydroxyl groups is 1. The predicted molar refractivity (Wildman–Crippen MR) is 177 cm³/mol. The van der Waals surface area contributed by atoms with E-state index in [9.17, 15) is 9.18 Å². The summed E-state index contributed by atoms with van der Waals surface area (Å²) in [5.74, 6) is 0.180. The Morgan fingerprint density at radius 1 is 1.00 bits per heavy atom. The summed E-state index contributed by atoms with van der Waals surface area (Å²) in [5, 5.41) is 9.84. The number of halogens is 4. The van der Waals surface area contributed by atoms with Gasteiger partial charge in [-0.15, -0.1) is 0 Å². The average Bonchev–Trinajstić information content (AvgIpc) is 3.41. The molecule has 4 aromatic carbocycles. The third kappa shape index (κ3) is 8.23. The van der Waals surface area contributed by atoms with E-state index < -0.39 is 17.6 Å². The fourth-order valence-corrected chi connectivity index (χ4v) is 5.77. The fraction of sp³-hybridized carbons (Fsp3) is 0.235. The van der Waals surface area contributed by atoms with Gasteiger partial charge in [0.1, 0.15) is 11.6 Å². The molecule has 2 atom stereocenters. The van der Waals surface area contributed by atoms with Crippen LogP contribution in [-0.2, 0) is 22.4 Å². The largest absolute Gasteiger partial charge is 0.494 e. The van der Waals surface area contributed by atoms with Gasteiger partial charge in [-0.3, -0.25) is 10.2 Å². The van der Waals surface area contributed by atoms with Gasteiger partial charge in [-0.25, -0.2) is 14.8 Å². The van der Waals surface area contributed by atoms with E-state index >= 15 is 0 Å². The Balaban J connectivity index is 1.49. The molecule has 0 aliphatic carbocycles. The molecule has 45 heavy (non-hydrogen) atoms. The minimum absolute atomic E-state index is 0.0426. The monoisotopic (exact) mass is 713 g/mol. The molecule has 0 unspecified atom stereocenters. The van der Waals surface area contributed by atoms with Gasteiger partial charge in [-0.05, 0) is 78.2 Å². The lowest BCUT2D eigenvalue weighted by molar-refractivity contribution is -0.130. The van der Waals surface area contributed by atoms with E-state index in [0.717, 1.165) is 15.6 Å². The summed E-state index contributed by atoms with van der Waals surface area (Å²) in [6.45, 7) is 0.823. The van der Waals surface area contributed by atoms with E-state index in [1.807, 2.05) is 36.4 Å². The molecule has 1 amide bonds. The Kier molecular flexibility index (Phi) is 11.1. The van der Waals surface area contributed by atoms with Crippen LogP contribution in [0.4, 0.5) is 4.39 Å². The summed E-state index contributed by atoms with van der Waals surface area (Å²) in [5.41, 5.74) is 7.37. The SMILES string of the molecule is O=C(NNCCc1ccc(F)cc1)[C@@]1(Cc2ccc(Br)cc2)N=C(c2ccc(OCCCO)cc2)O[C@H]1c1ccc(Cl)cc1Cl. The number of nitrogens with one attached hydrogen (secondary N) is 2. The Bertz CT molecular complexity index is 1640. The number of aliphatic imine (C=N–C) groups is 1. The highest BCUT2D eigenvalue weighted by molar-refractivity contribution is 9.10. The number of ether oxygens (including phenoxy) is 2. The fourth-order valence-electron chi connectivity index (χ4n) is 5.00. The lowest BCUT2D eigenvalue weighted by Crippen LogP contribution is -2.54. The van der Waals surface area contributed by atoms with E-state index in [2.05, 4.69) is 26.8 Å².